The Hall–Kier alpha value is -0.330. The fourth-order valence-electron chi connectivity index (χ4n) is 8.69. The summed E-state index contributed by atoms with van der Waals surface area (Å²) in [6.07, 6.45) is 11.5. The Morgan fingerprint density at radius 1 is 1.08 bits per heavy atom. The van der Waals surface area contributed by atoms with Crippen LogP contribution in [0.5, 0.6) is 0 Å². The molecule has 0 aromatic carbocycles. The van der Waals surface area contributed by atoms with E-state index in [1.54, 1.807) is 0 Å². The van der Waals surface area contributed by atoms with Crippen molar-refractivity contribution in [2.45, 2.75) is 92.4 Å². The third-order valence-electron chi connectivity index (χ3n) is 10.2. The van der Waals surface area contributed by atoms with Gasteiger partial charge in [0.25, 0.3) is 0 Å². The molecule has 0 spiro atoms. The number of ketones is 1. The van der Waals surface area contributed by atoms with Crippen molar-refractivity contribution >= 4 is 5.78 Å². The van der Waals surface area contributed by atoms with Crippen molar-refractivity contribution in [3.05, 3.63) is 0 Å². The molecule has 7 unspecified atom stereocenters. The molecule has 0 heterocycles. The highest BCUT2D eigenvalue weighted by molar-refractivity contribution is 5.79. The van der Waals surface area contributed by atoms with Crippen LogP contribution in [-0.4, -0.2) is 5.78 Å². The lowest BCUT2D eigenvalue weighted by Crippen LogP contribution is -2.56. The van der Waals surface area contributed by atoms with Crippen molar-refractivity contribution < 1.29 is 4.79 Å². The number of carbonyl (C=O) groups excluding carboxylic acids is 1. The van der Waals surface area contributed by atoms with Gasteiger partial charge in [-0.25, -0.2) is 0 Å². The van der Waals surface area contributed by atoms with Crippen LogP contribution in [0.25, 0.3) is 0 Å². The Morgan fingerprint density at radius 2 is 1.80 bits per heavy atom. The Morgan fingerprint density at radius 3 is 2.52 bits per heavy atom. The van der Waals surface area contributed by atoms with Gasteiger partial charge in [-0.2, -0.15) is 0 Å². The van der Waals surface area contributed by atoms with Crippen molar-refractivity contribution in [3.63, 3.8) is 0 Å². The van der Waals surface area contributed by atoms with Crippen LogP contribution in [0.1, 0.15) is 92.4 Å². The van der Waals surface area contributed by atoms with Crippen molar-refractivity contribution in [3.8, 4) is 0 Å². The summed E-state index contributed by atoms with van der Waals surface area (Å²) in [5.74, 6) is 6.68. The molecule has 4 fully saturated rings. The highest BCUT2D eigenvalue weighted by Gasteiger charge is 2.62. The van der Waals surface area contributed by atoms with E-state index in [0.29, 0.717) is 22.5 Å². The Kier molecular flexibility index (Phi) is 4.40. The fourth-order valence-corrected chi connectivity index (χ4v) is 8.69. The second kappa shape index (κ2) is 6.10. The number of hydrogen-bond donors (Lipinski definition) is 0. The first-order chi connectivity index (χ1) is 11.8. The van der Waals surface area contributed by atoms with Crippen LogP contribution in [0, 0.1) is 52.3 Å². The molecule has 1 heteroatoms. The highest BCUT2D eigenvalue weighted by Crippen LogP contribution is 2.69. The topological polar surface area (TPSA) is 17.1 Å². The van der Waals surface area contributed by atoms with E-state index in [4.69, 9.17) is 0 Å². The molecule has 0 amide bonds. The SMILES string of the molecule is CCC(C)C1CCC2C3C(CCC12C)C1(C)CCC(=O)C[C@@H]1C[C@H]3C. The van der Waals surface area contributed by atoms with Gasteiger partial charge in [0.1, 0.15) is 5.78 Å². The summed E-state index contributed by atoms with van der Waals surface area (Å²) < 4.78 is 0. The number of rotatable bonds is 2. The molecular weight excluding hydrogens is 304 g/mol. The fraction of sp³-hybridized carbons (Fsp3) is 0.958. The quantitative estimate of drug-likeness (QED) is 0.558. The lowest BCUT2D eigenvalue weighted by Gasteiger charge is -2.62. The third kappa shape index (κ3) is 2.50. The van der Waals surface area contributed by atoms with E-state index in [1.165, 1.54) is 44.9 Å². The first kappa shape index (κ1) is 18.1. The van der Waals surface area contributed by atoms with Gasteiger partial charge in [0.2, 0.25) is 0 Å². The average molecular weight is 345 g/mol. The van der Waals surface area contributed by atoms with Gasteiger partial charge in [-0.3, -0.25) is 4.79 Å². The molecule has 4 saturated carbocycles. The van der Waals surface area contributed by atoms with Crippen LogP contribution < -0.4 is 0 Å². The van der Waals surface area contributed by atoms with Gasteiger partial charge in [0, 0.05) is 12.8 Å². The molecule has 0 aliphatic heterocycles. The lowest BCUT2D eigenvalue weighted by atomic mass is 9.42. The lowest BCUT2D eigenvalue weighted by molar-refractivity contribution is -0.150. The standard InChI is InChI=1S/C24H40O/c1-6-15(2)19-7-8-20-22-16(3)13-17-14-18(25)9-11-23(17,4)21(22)10-12-24(19,20)5/h15-17,19-22H,6-14H2,1-5H3/t15?,16-,17+,19?,20?,21?,22?,23?,24?/m1/s1. The summed E-state index contributed by atoms with van der Waals surface area (Å²) in [5.41, 5.74) is 1.05. The van der Waals surface area contributed by atoms with Gasteiger partial charge in [-0.1, -0.05) is 41.0 Å². The molecule has 4 aliphatic carbocycles. The van der Waals surface area contributed by atoms with E-state index in [-0.39, 0.29) is 0 Å². The zero-order chi connectivity index (χ0) is 18.0. The van der Waals surface area contributed by atoms with Crippen molar-refractivity contribution in [1.82, 2.24) is 0 Å². The molecule has 0 radical (unpaired) electrons. The van der Waals surface area contributed by atoms with E-state index in [9.17, 15) is 4.79 Å². The smallest absolute Gasteiger partial charge is 0.133 e. The van der Waals surface area contributed by atoms with Crippen molar-refractivity contribution in [2.75, 3.05) is 0 Å². The molecular formula is C24H40O. The Balaban J connectivity index is 1.64. The molecule has 4 rings (SSSR count). The maximum absolute atomic E-state index is 12.1. The number of fused-ring (bicyclic) bond motifs is 5. The summed E-state index contributed by atoms with van der Waals surface area (Å²) in [4.78, 5) is 12.1. The monoisotopic (exact) mass is 344 g/mol. The minimum absolute atomic E-state index is 0.459. The molecule has 0 bridgehead atoms. The minimum Gasteiger partial charge on any atom is -0.300 e. The second-order valence-corrected chi connectivity index (χ2v) is 11.1. The highest BCUT2D eigenvalue weighted by atomic mass is 16.1. The summed E-state index contributed by atoms with van der Waals surface area (Å²) in [6.45, 7) is 12.7. The van der Waals surface area contributed by atoms with Gasteiger partial charge in [-0.05, 0) is 90.8 Å². The molecule has 0 saturated heterocycles. The molecule has 0 N–H and O–H groups in total. The van der Waals surface area contributed by atoms with Crippen LogP contribution in [0.3, 0.4) is 0 Å². The Labute approximate surface area is 155 Å². The van der Waals surface area contributed by atoms with Gasteiger partial charge in [-0.15, -0.1) is 0 Å². The van der Waals surface area contributed by atoms with E-state index in [2.05, 4.69) is 34.6 Å². The molecule has 142 valence electrons. The van der Waals surface area contributed by atoms with Crippen LogP contribution in [0.2, 0.25) is 0 Å². The van der Waals surface area contributed by atoms with Gasteiger partial charge in [0.05, 0.1) is 0 Å². The second-order valence-electron chi connectivity index (χ2n) is 11.1. The molecule has 1 nitrogen and oxygen atoms in total. The number of carbonyl (C=O) groups is 1. The van der Waals surface area contributed by atoms with E-state index < -0.39 is 0 Å². The maximum atomic E-state index is 12.1. The average Bonchev–Trinajstić information content (AvgIpc) is 2.93. The molecule has 9 atom stereocenters. The number of hydrogen-bond acceptors (Lipinski definition) is 1. The maximum Gasteiger partial charge on any atom is 0.133 e. The summed E-state index contributed by atoms with van der Waals surface area (Å²) in [6, 6.07) is 0. The Bertz CT molecular complexity index is 538. The zero-order valence-electron chi connectivity index (χ0n) is 17.3. The predicted octanol–water partition coefficient (Wildman–Crippen LogP) is 6.51. The number of Topliss-reactive ketones (excluding diaryl/α,β-unsaturated/α-hetero) is 1. The molecule has 0 aromatic heterocycles. The molecule has 25 heavy (non-hydrogen) atoms. The van der Waals surface area contributed by atoms with E-state index in [1.807, 2.05) is 0 Å². The van der Waals surface area contributed by atoms with Crippen molar-refractivity contribution in [2.24, 2.45) is 52.3 Å². The van der Waals surface area contributed by atoms with Gasteiger partial charge < -0.3 is 0 Å². The summed E-state index contributed by atoms with van der Waals surface area (Å²) >= 11 is 0. The van der Waals surface area contributed by atoms with Crippen LogP contribution in [-0.2, 0) is 4.79 Å². The largest absolute Gasteiger partial charge is 0.300 e. The van der Waals surface area contributed by atoms with Gasteiger partial charge >= 0.3 is 0 Å². The normalized spacial score (nSPS) is 53.7. The first-order valence-corrected chi connectivity index (χ1v) is 11.3. The first-order valence-electron chi connectivity index (χ1n) is 11.3. The summed E-state index contributed by atoms with van der Waals surface area (Å²) in [5, 5.41) is 0. The molecule has 0 aromatic rings. The molecule has 4 aliphatic rings. The van der Waals surface area contributed by atoms with Gasteiger partial charge in [0.15, 0.2) is 0 Å². The van der Waals surface area contributed by atoms with Crippen LogP contribution >= 0.6 is 0 Å². The van der Waals surface area contributed by atoms with Crippen molar-refractivity contribution in [1.29, 1.82) is 0 Å². The predicted molar refractivity (Wildman–Crippen MR) is 104 cm³/mol. The van der Waals surface area contributed by atoms with E-state index in [0.717, 1.165) is 48.3 Å². The minimum atomic E-state index is 0.459. The van der Waals surface area contributed by atoms with E-state index >= 15 is 0 Å². The van der Waals surface area contributed by atoms with Crippen LogP contribution in [0.4, 0.5) is 0 Å². The third-order valence-corrected chi connectivity index (χ3v) is 10.2. The summed E-state index contributed by atoms with van der Waals surface area (Å²) in [7, 11) is 0. The van der Waals surface area contributed by atoms with Crippen LogP contribution in [0.15, 0.2) is 0 Å². The zero-order valence-corrected chi connectivity index (χ0v) is 17.3.